The van der Waals surface area contributed by atoms with Gasteiger partial charge in [-0.3, -0.25) is 4.98 Å². The van der Waals surface area contributed by atoms with Crippen LogP contribution >= 0.6 is 11.3 Å². The van der Waals surface area contributed by atoms with Crippen molar-refractivity contribution in [3.05, 3.63) is 45.5 Å². The smallest absolute Gasteiger partial charge is 0.119 e. The van der Waals surface area contributed by atoms with Crippen LogP contribution < -0.4 is 10.1 Å². The maximum atomic E-state index is 9.38. The highest BCUT2D eigenvalue weighted by Gasteiger charge is 2.11. The largest absolute Gasteiger partial charge is 0.497 e. The van der Waals surface area contributed by atoms with E-state index in [-0.39, 0.29) is 0 Å². The Morgan fingerprint density at radius 1 is 1.35 bits per heavy atom. The number of nitrogens with one attached hydrogen (secondary N) is 1. The molecule has 0 atom stereocenters. The van der Waals surface area contributed by atoms with Gasteiger partial charge in [-0.25, -0.2) is 4.98 Å². The molecule has 0 amide bonds. The topological polar surface area (TPSA) is 70.8 Å². The number of benzene rings is 1. The Hall–Kier alpha value is -2.65. The molecule has 0 fully saturated rings. The van der Waals surface area contributed by atoms with Crippen molar-refractivity contribution in [3.63, 3.8) is 0 Å². The van der Waals surface area contributed by atoms with E-state index in [1.54, 1.807) is 24.6 Å². The van der Waals surface area contributed by atoms with E-state index in [9.17, 15) is 5.26 Å². The molecule has 0 aliphatic rings. The maximum absolute atomic E-state index is 9.38. The fourth-order valence-corrected chi connectivity index (χ4v) is 3.23. The summed E-state index contributed by atoms with van der Waals surface area (Å²) in [6.07, 6.45) is 1.59. The molecular weight excluding hydrogens is 308 g/mol. The molecule has 1 aromatic carbocycles. The predicted octanol–water partition coefficient (Wildman–Crippen LogP) is 3.80. The fourth-order valence-electron chi connectivity index (χ4n) is 2.35. The summed E-state index contributed by atoms with van der Waals surface area (Å²) in [7, 11) is 1.62. The van der Waals surface area contributed by atoms with E-state index in [0.717, 1.165) is 33.0 Å². The van der Waals surface area contributed by atoms with E-state index < -0.39 is 0 Å². The number of aryl methyl sites for hydroxylation is 2. The van der Waals surface area contributed by atoms with Crippen LogP contribution in [-0.4, -0.2) is 17.1 Å². The number of anilines is 1. The van der Waals surface area contributed by atoms with Gasteiger partial charge in [-0.1, -0.05) is 0 Å². The van der Waals surface area contributed by atoms with Crippen LogP contribution in [0.5, 0.6) is 5.75 Å². The molecule has 2 heterocycles. The number of thiazole rings is 1. The van der Waals surface area contributed by atoms with E-state index in [2.05, 4.69) is 28.3 Å². The Bertz CT molecular complexity index is 891. The first kappa shape index (κ1) is 15.3. The minimum atomic E-state index is 0.510. The highest BCUT2D eigenvalue weighted by molar-refractivity contribution is 7.11. The second-order valence-electron chi connectivity index (χ2n) is 5.14. The highest BCUT2D eigenvalue weighted by Crippen LogP contribution is 2.29. The molecule has 1 N–H and O–H groups in total. The van der Waals surface area contributed by atoms with Crippen LogP contribution in [-0.2, 0) is 6.54 Å². The lowest BCUT2D eigenvalue weighted by Crippen LogP contribution is -2.03. The van der Waals surface area contributed by atoms with Crippen molar-refractivity contribution in [2.24, 2.45) is 0 Å². The lowest BCUT2D eigenvalue weighted by Gasteiger charge is -2.11. The molecule has 116 valence electrons. The lowest BCUT2D eigenvalue weighted by molar-refractivity contribution is 0.415. The van der Waals surface area contributed by atoms with Gasteiger partial charge in [-0.15, -0.1) is 11.3 Å². The van der Waals surface area contributed by atoms with E-state index >= 15 is 0 Å². The third-order valence-electron chi connectivity index (χ3n) is 3.68. The molecule has 2 aromatic heterocycles. The van der Waals surface area contributed by atoms with Crippen molar-refractivity contribution in [2.45, 2.75) is 20.4 Å². The molecular formula is C17H16N4OS. The third-order valence-corrected chi connectivity index (χ3v) is 4.76. The average Bonchev–Trinajstić information content (AvgIpc) is 2.90. The first-order valence-electron chi connectivity index (χ1n) is 7.16. The summed E-state index contributed by atoms with van der Waals surface area (Å²) in [4.78, 5) is 10.1. The maximum Gasteiger partial charge on any atom is 0.119 e. The summed E-state index contributed by atoms with van der Waals surface area (Å²) in [6.45, 7) is 4.64. The second kappa shape index (κ2) is 6.23. The van der Waals surface area contributed by atoms with Crippen molar-refractivity contribution in [1.82, 2.24) is 9.97 Å². The van der Waals surface area contributed by atoms with Gasteiger partial charge >= 0.3 is 0 Å². The number of aromatic nitrogens is 2. The van der Waals surface area contributed by atoms with Crippen LogP contribution in [0.2, 0.25) is 0 Å². The van der Waals surface area contributed by atoms with Crippen molar-refractivity contribution in [2.75, 3.05) is 12.4 Å². The van der Waals surface area contributed by atoms with Crippen LogP contribution in [0.4, 0.5) is 5.69 Å². The Kier molecular flexibility index (Phi) is 4.13. The van der Waals surface area contributed by atoms with Crippen molar-refractivity contribution in [1.29, 1.82) is 5.26 Å². The van der Waals surface area contributed by atoms with Gasteiger partial charge in [0.15, 0.2) is 0 Å². The van der Waals surface area contributed by atoms with E-state index in [4.69, 9.17) is 4.74 Å². The number of methoxy groups -OCH3 is 1. The molecule has 3 aromatic rings. The quantitative estimate of drug-likeness (QED) is 0.790. The number of nitrogens with zero attached hydrogens (tertiary/aromatic N) is 3. The van der Waals surface area contributed by atoms with Gasteiger partial charge in [0.05, 0.1) is 36.1 Å². The monoisotopic (exact) mass is 324 g/mol. The number of nitriles is 1. The first-order chi connectivity index (χ1) is 11.1. The molecule has 0 spiro atoms. The third kappa shape index (κ3) is 2.96. The van der Waals surface area contributed by atoms with Gasteiger partial charge < -0.3 is 10.1 Å². The zero-order valence-corrected chi connectivity index (χ0v) is 14.0. The zero-order valence-electron chi connectivity index (χ0n) is 13.2. The number of pyridine rings is 1. The van der Waals surface area contributed by atoms with Crippen molar-refractivity contribution in [3.8, 4) is 11.8 Å². The van der Waals surface area contributed by atoms with E-state index in [1.165, 1.54) is 4.88 Å². The average molecular weight is 324 g/mol. The number of hydrogen-bond donors (Lipinski definition) is 1. The van der Waals surface area contributed by atoms with Crippen LogP contribution in [0.3, 0.4) is 0 Å². The summed E-state index contributed by atoms with van der Waals surface area (Å²) in [5, 5.41) is 14.6. The Morgan fingerprint density at radius 2 is 2.17 bits per heavy atom. The Labute approximate surface area is 138 Å². The lowest BCUT2D eigenvalue weighted by atomic mass is 10.1. The molecule has 23 heavy (non-hydrogen) atoms. The molecule has 5 nitrogen and oxygen atoms in total. The molecule has 3 rings (SSSR count). The van der Waals surface area contributed by atoms with Crippen LogP contribution in [0, 0.1) is 25.2 Å². The standard InChI is InChI=1S/C17H16N4OS/c1-10-11(2)23-16(21-10)9-20-17-12(7-18)8-19-15-5-4-13(22-3)6-14(15)17/h4-6,8H,9H2,1-3H3,(H,19,20). The molecule has 0 unspecified atom stereocenters. The van der Waals surface area contributed by atoms with Crippen LogP contribution in [0.15, 0.2) is 24.4 Å². The summed E-state index contributed by atoms with van der Waals surface area (Å²) >= 11 is 1.66. The molecule has 0 radical (unpaired) electrons. The number of rotatable bonds is 4. The molecule has 6 heteroatoms. The zero-order chi connectivity index (χ0) is 16.4. The van der Waals surface area contributed by atoms with Gasteiger partial charge in [-0.2, -0.15) is 5.26 Å². The minimum absolute atomic E-state index is 0.510. The molecule has 0 aliphatic heterocycles. The Morgan fingerprint density at radius 3 is 2.83 bits per heavy atom. The Balaban J connectivity index is 2.01. The molecule has 0 saturated heterocycles. The number of fused-ring (bicyclic) bond motifs is 1. The van der Waals surface area contributed by atoms with Gasteiger partial charge in [0.25, 0.3) is 0 Å². The SMILES string of the molecule is COc1ccc2ncc(C#N)c(NCc3nc(C)c(C)s3)c2c1. The molecule has 0 saturated carbocycles. The summed E-state index contributed by atoms with van der Waals surface area (Å²) in [6, 6.07) is 7.83. The minimum Gasteiger partial charge on any atom is -0.497 e. The summed E-state index contributed by atoms with van der Waals surface area (Å²) in [5.74, 6) is 0.735. The van der Waals surface area contributed by atoms with Crippen LogP contribution in [0.1, 0.15) is 21.1 Å². The first-order valence-corrected chi connectivity index (χ1v) is 7.97. The van der Waals surface area contributed by atoms with Crippen LogP contribution in [0.25, 0.3) is 10.9 Å². The number of hydrogen-bond acceptors (Lipinski definition) is 6. The molecule has 0 aliphatic carbocycles. The number of ether oxygens (including phenoxy) is 1. The molecule has 0 bridgehead atoms. The fraction of sp³-hybridized carbons (Fsp3) is 0.235. The predicted molar refractivity (Wildman–Crippen MR) is 91.9 cm³/mol. The van der Waals surface area contributed by atoms with Gasteiger partial charge in [-0.05, 0) is 32.0 Å². The van der Waals surface area contributed by atoms with E-state index in [0.29, 0.717) is 12.1 Å². The van der Waals surface area contributed by atoms with Crippen molar-refractivity contribution < 1.29 is 4.74 Å². The summed E-state index contributed by atoms with van der Waals surface area (Å²) in [5.41, 5.74) is 3.14. The highest BCUT2D eigenvalue weighted by atomic mass is 32.1. The van der Waals surface area contributed by atoms with Gasteiger partial charge in [0, 0.05) is 16.5 Å². The second-order valence-corrected chi connectivity index (χ2v) is 6.43. The summed E-state index contributed by atoms with van der Waals surface area (Å²) < 4.78 is 5.28. The van der Waals surface area contributed by atoms with E-state index in [1.807, 2.05) is 25.1 Å². The van der Waals surface area contributed by atoms with Crippen molar-refractivity contribution >= 4 is 27.9 Å². The normalized spacial score (nSPS) is 10.5. The van der Waals surface area contributed by atoms with Gasteiger partial charge in [0.2, 0.25) is 0 Å². The van der Waals surface area contributed by atoms with Gasteiger partial charge in [0.1, 0.15) is 16.8 Å².